The first kappa shape index (κ1) is 21.9. The number of hydrogen-bond acceptors (Lipinski definition) is 2. The van der Waals surface area contributed by atoms with Gasteiger partial charge < -0.3 is 9.47 Å². The number of aryl methyl sites for hydroxylation is 1. The number of unbranched alkanes of at least 4 members (excludes halogenated alkanes) is 8. The van der Waals surface area contributed by atoms with Crippen molar-refractivity contribution >= 4 is 0 Å². The highest BCUT2D eigenvalue weighted by atomic mass is 16.7. The highest BCUT2D eigenvalue weighted by Crippen LogP contribution is 2.53. The van der Waals surface area contributed by atoms with Crippen LogP contribution in [0.25, 0.3) is 0 Å². The van der Waals surface area contributed by atoms with Crippen molar-refractivity contribution in [2.24, 2.45) is 0 Å². The highest BCUT2D eigenvalue weighted by molar-refractivity contribution is 5.49. The van der Waals surface area contributed by atoms with Gasteiger partial charge in [-0.1, -0.05) is 119 Å². The molecule has 1 aliphatic heterocycles. The lowest BCUT2D eigenvalue weighted by Crippen LogP contribution is -2.41. The first-order chi connectivity index (χ1) is 15.8. The largest absolute Gasteiger partial charge is 0.341 e. The van der Waals surface area contributed by atoms with Crippen LogP contribution < -0.4 is 0 Å². The monoisotopic (exact) mass is 430 g/mol. The van der Waals surface area contributed by atoms with E-state index in [4.69, 9.17) is 9.47 Å². The molecule has 2 heteroatoms. The Hall–Kier alpha value is -1.90. The van der Waals surface area contributed by atoms with Crippen molar-refractivity contribution in [1.82, 2.24) is 0 Å². The molecule has 2 bridgehead atoms. The molecule has 2 nitrogen and oxygen atoms in total. The third-order valence-corrected chi connectivity index (χ3v) is 7.63. The molecule has 1 fully saturated rings. The van der Waals surface area contributed by atoms with E-state index >= 15 is 0 Å². The van der Waals surface area contributed by atoms with Crippen molar-refractivity contribution in [2.75, 3.05) is 0 Å². The average Bonchev–Trinajstić information content (AvgIpc) is 3.31. The maximum absolute atomic E-state index is 6.47. The van der Waals surface area contributed by atoms with Gasteiger partial charge in [0.15, 0.2) is 6.29 Å². The van der Waals surface area contributed by atoms with Gasteiger partial charge in [-0.05, 0) is 29.5 Å². The fourth-order valence-electron chi connectivity index (χ4n) is 5.85. The summed E-state index contributed by atoms with van der Waals surface area (Å²) in [6.45, 7) is 2.29. The van der Waals surface area contributed by atoms with Gasteiger partial charge in [0, 0.05) is 17.4 Å². The number of ether oxygens (including phenoxy) is 2. The van der Waals surface area contributed by atoms with Gasteiger partial charge in [-0.2, -0.15) is 0 Å². The van der Waals surface area contributed by atoms with Crippen LogP contribution in [0.15, 0.2) is 60.7 Å². The van der Waals surface area contributed by atoms with E-state index in [1.807, 2.05) is 6.07 Å². The molecule has 2 aromatic carbocycles. The SMILES string of the molecule is CCCCCCCCCCCc1ccc2c(c1)[C@H]1C=C[C@@H]2C2OC(c3ccccc3)OC21. The van der Waals surface area contributed by atoms with Crippen LogP contribution >= 0.6 is 0 Å². The summed E-state index contributed by atoms with van der Waals surface area (Å²) < 4.78 is 12.9. The molecule has 0 N–H and O–H groups in total. The van der Waals surface area contributed by atoms with E-state index in [9.17, 15) is 0 Å². The molecule has 0 aromatic heterocycles. The van der Waals surface area contributed by atoms with Crippen LogP contribution in [0, 0.1) is 0 Å². The summed E-state index contributed by atoms with van der Waals surface area (Å²) in [5.41, 5.74) is 5.54. The molecule has 5 atom stereocenters. The van der Waals surface area contributed by atoms with Gasteiger partial charge in [0.2, 0.25) is 0 Å². The fourth-order valence-corrected chi connectivity index (χ4v) is 5.85. The summed E-state index contributed by atoms with van der Waals surface area (Å²) in [7, 11) is 0. The Morgan fingerprint density at radius 2 is 1.28 bits per heavy atom. The zero-order valence-corrected chi connectivity index (χ0v) is 19.5. The van der Waals surface area contributed by atoms with Gasteiger partial charge in [-0.25, -0.2) is 0 Å². The number of hydrogen-bond donors (Lipinski definition) is 0. The second-order valence-corrected chi connectivity index (χ2v) is 9.92. The molecule has 0 radical (unpaired) electrons. The molecule has 0 amide bonds. The maximum atomic E-state index is 6.47. The summed E-state index contributed by atoms with van der Waals surface area (Å²) in [6.07, 6.45) is 18.4. The first-order valence-corrected chi connectivity index (χ1v) is 13.0. The molecule has 4 aliphatic rings. The summed E-state index contributed by atoms with van der Waals surface area (Å²) >= 11 is 0. The molecule has 1 heterocycles. The predicted molar refractivity (Wildman–Crippen MR) is 131 cm³/mol. The van der Waals surface area contributed by atoms with Crippen molar-refractivity contribution < 1.29 is 9.47 Å². The van der Waals surface area contributed by atoms with E-state index in [2.05, 4.69) is 61.5 Å². The minimum atomic E-state index is -0.244. The first-order valence-electron chi connectivity index (χ1n) is 13.0. The molecule has 3 unspecified atom stereocenters. The van der Waals surface area contributed by atoms with Crippen LogP contribution in [0.5, 0.6) is 0 Å². The molecule has 1 saturated heterocycles. The molecule has 32 heavy (non-hydrogen) atoms. The van der Waals surface area contributed by atoms with Crippen LogP contribution in [0.2, 0.25) is 0 Å². The van der Waals surface area contributed by atoms with Crippen molar-refractivity contribution in [1.29, 1.82) is 0 Å². The fraction of sp³-hybridized carbons (Fsp3) is 0.533. The van der Waals surface area contributed by atoms with Crippen LogP contribution in [0.4, 0.5) is 0 Å². The van der Waals surface area contributed by atoms with Gasteiger partial charge in [-0.15, -0.1) is 0 Å². The van der Waals surface area contributed by atoms with E-state index in [0.29, 0.717) is 11.8 Å². The lowest BCUT2D eigenvalue weighted by atomic mass is 9.68. The Morgan fingerprint density at radius 3 is 1.97 bits per heavy atom. The van der Waals surface area contributed by atoms with Crippen LogP contribution in [-0.4, -0.2) is 12.2 Å². The van der Waals surface area contributed by atoms with Crippen molar-refractivity contribution in [3.63, 3.8) is 0 Å². The van der Waals surface area contributed by atoms with E-state index in [1.54, 1.807) is 0 Å². The van der Waals surface area contributed by atoms with Gasteiger partial charge in [-0.3, -0.25) is 0 Å². The predicted octanol–water partition coefficient (Wildman–Crippen LogP) is 7.99. The maximum Gasteiger partial charge on any atom is 0.184 e. The Labute approximate surface area is 194 Å². The molecule has 0 saturated carbocycles. The Kier molecular flexibility index (Phi) is 7.10. The average molecular weight is 431 g/mol. The molecular formula is C30H38O2. The third-order valence-electron chi connectivity index (χ3n) is 7.63. The van der Waals surface area contributed by atoms with Gasteiger partial charge >= 0.3 is 0 Å². The Balaban J connectivity index is 1.16. The molecular weight excluding hydrogens is 392 g/mol. The zero-order chi connectivity index (χ0) is 21.8. The summed E-state index contributed by atoms with van der Waals surface area (Å²) in [5, 5.41) is 0. The molecule has 170 valence electrons. The second-order valence-electron chi connectivity index (χ2n) is 9.92. The lowest BCUT2D eigenvalue weighted by molar-refractivity contribution is -0.0693. The van der Waals surface area contributed by atoms with Crippen molar-refractivity contribution in [3.8, 4) is 0 Å². The van der Waals surface area contributed by atoms with Gasteiger partial charge in [0.05, 0.1) is 12.2 Å². The topological polar surface area (TPSA) is 18.5 Å². The summed E-state index contributed by atoms with van der Waals surface area (Å²) in [5.74, 6) is 0.632. The number of rotatable bonds is 11. The Bertz CT molecular complexity index is 902. The summed E-state index contributed by atoms with van der Waals surface area (Å²) in [6, 6.07) is 17.6. The van der Waals surface area contributed by atoms with Crippen LogP contribution in [0.3, 0.4) is 0 Å². The normalized spacial score (nSPS) is 27.5. The Morgan fingerprint density at radius 1 is 0.656 bits per heavy atom. The zero-order valence-electron chi connectivity index (χ0n) is 19.5. The molecule has 2 aromatic rings. The van der Waals surface area contributed by atoms with Crippen molar-refractivity contribution in [3.05, 3.63) is 82.9 Å². The highest BCUT2D eigenvalue weighted by Gasteiger charge is 2.51. The summed E-state index contributed by atoms with van der Waals surface area (Å²) in [4.78, 5) is 0. The second kappa shape index (κ2) is 10.4. The molecule has 6 rings (SSSR count). The van der Waals surface area contributed by atoms with Gasteiger partial charge in [0.25, 0.3) is 0 Å². The van der Waals surface area contributed by atoms with E-state index < -0.39 is 0 Å². The minimum Gasteiger partial charge on any atom is -0.341 e. The van der Waals surface area contributed by atoms with Crippen LogP contribution in [0.1, 0.15) is 105 Å². The standard InChI is InChI=1S/C30H38O2/c1-2-3-4-5-6-7-8-9-11-14-22-17-18-24-25-19-20-26(27(24)21-22)29-28(25)31-30(32-29)23-15-12-10-13-16-23/h10,12-13,15-21,25-26,28-30H,2-9,11,14H2,1H3/t25-,26+,28?,29?,30?/m0/s1. The van der Waals surface area contributed by atoms with Gasteiger partial charge in [0.1, 0.15) is 0 Å². The van der Waals surface area contributed by atoms with Crippen LogP contribution in [-0.2, 0) is 15.9 Å². The minimum absolute atomic E-state index is 0.130. The van der Waals surface area contributed by atoms with E-state index in [-0.39, 0.29) is 18.5 Å². The van der Waals surface area contributed by atoms with Crippen molar-refractivity contribution in [2.45, 2.75) is 101 Å². The lowest BCUT2D eigenvalue weighted by Gasteiger charge is -2.41. The smallest absolute Gasteiger partial charge is 0.184 e. The van der Waals surface area contributed by atoms with E-state index in [0.717, 1.165) is 5.56 Å². The molecule has 0 spiro atoms. The number of benzene rings is 2. The molecule has 3 aliphatic carbocycles. The quantitative estimate of drug-likeness (QED) is 0.266. The third kappa shape index (κ3) is 4.58. The van der Waals surface area contributed by atoms with E-state index in [1.165, 1.54) is 80.9 Å².